The molecule has 0 aliphatic rings. The molecular weight excluding hydrogens is 340 g/mol. The van der Waals surface area contributed by atoms with E-state index in [-0.39, 0.29) is 12.2 Å². The predicted molar refractivity (Wildman–Crippen MR) is 96.5 cm³/mol. The van der Waals surface area contributed by atoms with Crippen LogP contribution >= 0.6 is 11.3 Å². The summed E-state index contributed by atoms with van der Waals surface area (Å²) in [6.45, 7) is 0.268. The van der Waals surface area contributed by atoms with E-state index in [1.165, 1.54) is 29.5 Å². The second-order valence-electron chi connectivity index (χ2n) is 5.13. The highest BCUT2D eigenvalue weighted by Crippen LogP contribution is 2.23. The van der Waals surface area contributed by atoms with Crippen LogP contribution in [0.4, 0.5) is 16.2 Å². The van der Waals surface area contributed by atoms with Crippen molar-refractivity contribution in [2.75, 3.05) is 5.32 Å². The van der Waals surface area contributed by atoms with E-state index in [9.17, 15) is 14.9 Å². The molecule has 1 aromatic heterocycles. The van der Waals surface area contributed by atoms with Crippen molar-refractivity contribution in [3.05, 3.63) is 75.8 Å². The van der Waals surface area contributed by atoms with Crippen LogP contribution in [0, 0.1) is 10.1 Å². The van der Waals surface area contributed by atoms with Gasteiger partial charge in [-0.1, -0.05) is 36.4 Å². The lowest BCUT2D eigenvalue weighted by Gasteiger charge is -2.06. The first-order valence-corrected chi connectivity index (χ1v) is 8.29. The van der Waals surface area contributed by atoms with E-state index in [2.05, 4.69) is 15.6 Å². The van der Waals surface area contributed by atoms with E-state index in [1.807, 2.05) is 35.7 Å². The summed E-state index contributed by atoms with van der Waals surface area (Å²) in [4.78, 5) is 26.6. The summed E-state index contributed by atoms with van der Waals surface area (Å²) >= 11 is 1.51. The fraction of sp³-hybridized carbons (Fsp3) is 0.0588. The van der Waals surface area contributed by atoms with Crippen LogP contribution in [0.2, 0.25) is 0 Å². The molecule has 0 atom stereocenters. The Bertz CT molecular complexity index is 896. The Morgan fingerprint density at radius 1 is 1.16 bits per heavy atom. The van der Waals surface area contributed by atoms with Crippen LogP contribution in [0.1, 0.15) is 5.69 Å². The van der Waals surface area contributed by atoms with Crippen LogP contribution in [0.3, 0.4) is 0 Å². The number of aromatic nitrogens is 1. The number of amides is 2. The molecule has 2 N–H and O–H groups in total. The van der Waals surface area contributed by atoms with E-state index < -0.39 is 11.0 Å². The molecule has 0 spiro atoms. The molecule has 0 bridgehead atoms. The fourth-order valence-electron chi connectivity index (χ4n) is 2.14. The molecule has 0 aliphatic heterocycles. The van der Waals surface area contributed by atoms with Crippen molar-refractivity contribution < 1.29 is 9.72 Å². The number of urea groups is 1. The van der Waals surface area contributed by atoms with Crippen LogP contribution < -0.4 is 10.6 Å². The van der Waals surface area contributed by atoms with E-state index in [1.54, 1.807) is 6.07 Å². The molecule has 126 valence electrons. The predicted octanol–water partition coefficient (Wildman–Crippen LogP) is 4.04. The second-order valence-corrected chi connectivity index (χ2v) is 5.98. The molecule has 0 saturated heterocycles. The lowest BCUT2D eigenvalue weighted by Crippen LogP contribution is -2.28. The number of anilines is 1. The monoisotopic (exact) mass is 354 g/mol. The first kappa shape index (κ1) is 16.6. The highest BCUT2D eigenvalue weighted by Gasteiger charge is 2.09. The molecule has 2 aromatic carbocycles. The minimum Gasteiger partial charge on any atom is -0.332 e. The lowest BCUT2D eigenvalue weighted by atomic mass is 10.2. The van der Waals surface area contributed by atoms with Gasteiger partial charge < -0.3 is 10.6 Å². The van der Waals surface area contributed by atoms with Crippen molar-refractivity contribution in [2.24, 2.45) is 0 Å². The highest BCUT2D eigenvalue weighted by molar-refractivity contribution is 7.13. The molecule has 3 rings (SSSR count). The van der Waals surface area contributed by atoms with Crippen molar-refractivity contribution in [1.82, 2.24) is 10.3 Å². The first-order chi connectivity index (χ1) is 12.1. The van der Waals surface area contributed by atoms with Gasteiger partial charge in [-0.15, -0.1) is 11.3 Å². The van der Waals surface area contributed by atoms with Gasteiger partial charge in [-0.3, -0.25) is 10.1 Å². The molecule has 1 heterocycles. The summed E-state index contributed by atoms with van der Waals surface area (Å²) in [5, 5.41) is 18.8. The molecular formula is C17H14N4O3S. The Morgan fingerprint density at radius 2 is 1.96 bits per heavy atom. The summed E-state index contributed by atoms with van der Waals surface area (Å²) in [5.74, 6) is 0. The number of hydrogen-bond acceptors (Lipinski definition) is 5. The number of nitrogens with one attached hydrogen (secondary N) is 2. The molecule has 0 saturated carbocycles. The SMILES string of the molecule is O=C(NCc1csc(-c2ccccc2)n1)Nc1cccc([N+](=O)[O-])c1. The largest absolute Gasteiger partial charge is 0.332 e. The third kappa shape index (κ3) is 4.39. The molecule has 0 unspecified atom stereocenters. The van der Waals surface area contributed by atoms with E-state index in [0.29, 0.717) is 5.69 Å². The quantitative estimate of drug-likeness (QED) is 0.534. The number of carbonyl (C=O) groups is 1. The Morgan fingerprint density at radius 3 is 2.72 bits per heavy atom. The maximum absolute atomic E-state index is 11.9. The summed E-state index contributed by atoms with van der Waals surface area (Å²) in [5.41, 5.74) is 2.05. The Hall–Kier alpha value is -3.26. The molecule has 2 amide bonds. The molecule has 3 aromatic rings. The smallest absolute Gasteiger partial charge is 0.319 e. The topological polar surface area (TPSA) is 97.2 Å². The van der Waals surface area contributed by atoms with Crippen LogP contribution in [-0.2, 0) is 6.54 Å². The average Bonchev–Trinajstić information content (AvgIpc) is 3.10. The molecule has 8 heteroatoms. The minimum atomic E-state index is -0.510. The van der Waals surface area contributed by atoms with E-state index in [0.717, 1.165) is 16.3 Å². The number of hydrogen-bond donors (Lipinski definition) is 2. The van der Waals surface area contributed by atoms with Gasteiger partial charge in [-0.2, -0.15) is 0 Å². The van der Waals surface area contributed by atoms with Crippen LogP contribution in [-0.4, -0.2) is 15.9 Å². The summed E-state index contributed by atoms with van der Waals surface area (Å²) in [6.07, 6.45) is 0. The first-order valence-electron chi connectivity index (χ1n) is 7.41. The summed E-state index contributed by atoms with van der Waals surface area (Å²) < 4.78 is 0. The molecule has 0 radical (unpaired) electrons. The highest BCUT2D eigenvalue weighted by atomic mass is 32.1. The molecule has 25 heavy (non-hydrogen) atoms. The molecule has 0 fully saturated rings. The number of nitrogens with zero attached hydrogens (tertiary/aromatic N) is 2. The van der Waals surface area contributed by atoms with Crippen molar-refractivity contribution in [1.29, 1.82) is 0 Å². The normalized spacial score (nSPS) is 10.2. The Labute approximate surface area is 147 Å². The van der Waals surface area contributed by atoms with E-state index in [4.69, 9.17) is 0 Å². The number of nitro groups is 1. The lowest BCUT2D eigenvalue weighted by molar-refractivity contribution is -0.384. The maximum atomic E-state index is 11.9. The van der Waals surface area contributed by atoms with Crippen molar-refractivity contribution in [3.63, 3.8) is 0 Å². The minimum absolute atomic E-state index is 0.0789. The van der Waals surface area contributed by atoms with Gasteiger partial charge in [0, 0.05) is 28.8 Å². The van der Waals surface area contributed by atoms with Gasteiger partial charge >= 0.3 is 6.03 Å². The van der Waals surface area contributed by atoms with Gasteiger partial charge in [-0.05, 0) is 6.07 Å². The molecule has 7 nitrogen and oxygen atoms in total. The third-order valence-corrected chi connectivity index (χ3v) is 4.26. The zero-order valence-corrected chi connectivity index (χ0v) is 13.8. The molecule has 0 aliphatic carbocycles. The maximum Gasteiger partial charge on any atom is 0.319 e. The summed E-state index contributed by atoms with van der Waals surface area (Å²) in [7, 11) is 0. The van der Waals surface area contributed by atoms with Crippen molar-refractivity contribution in [2.45, 2.75) is 6.54 Å². The zero-order chi connectivity index (χ0) is 17.6. The van der Waals surface area contributed by atoms with Gasteiger partial charge in [0.2, 0.25) is 0 Å². The van der Waals surface area contributed by atoms with Gasteiger partial charge in [0.25, 0.3) is 5.69 Å². The standard InChI is InChI=1S/C17H14N4O3S/c22-17(20-13-7-4-8-15(9-13)21(23)24)18-10-14-11-25-16(19-14)12-5-2-1-3-6-12/h1-9,11H,10H2,(H2,18,20,22). The third-order valence-electron chi connectivity index (χ3n) is 3.32. The number of carbonyl (C=O) groups excluding carboxylic acids is 1. The fourth-order valence-corrected chi connectivity index (χ4v) is 2.97. The van der Waals surface area contributed by atoms with Crippen LogP contribution in [0.5, 0.6) is 0 Å². The number of non-ortho nitro benzene ring substituents is 1. The number of nitro benzene ring substituents is 1. The number of benzene rings is 2. The van der Waals surface area contributed by atoms with Crippen LogP contribution in [0.25, 0.3) is 10.6 Å². The van der Waals surface area contributed by atoms with Gasteiger partial charge in [0.05, 0.1) is 17.2 Å². The zero-order valence-electron chi connectivity index (χ0n) is 13.0. The summed E-state index contributed by atoms with van der Waals surface area (Å²) in [6, 6.07) is 15.1. The second kappa shape index (κ2) is 7.54. The van der Waals surface area contributed by atoms with Gasteiger partial charge in [-0.25, -0.2) is 9.78 Å². The Kier molecular flexibility index (Phi) is 5.00. The average molecular weight is 354 g/mol. The van der Waals surface area contributed by atoms with Crippen LogP contribution in [0.15, 0.2) is 60.0 Å². The van der Waals surface area contributed by atoms with Crippen molar-refractivity contribution in [3.8, 4) is 10.6 Å². The Balaban J connectivity index is 1.57. The van der Waals surface area contributed by atoms with E-state index >= 15 is 0 Å². The number of rotatable bonds is 5. The number of thiazole rings is 1. The van der Waals surface area contributed by atoms with Gasteiger partial charge in [0.15, 0.2) is 0 Å². The van der Waals surface area contributed by atoms with Gasteiger partial charge in [0.1, 0.15) is 5.01 Å². The van der Waals surface area contributed by atoms with Crippen molar-refractivity contribution >= 4 is 28.7 Å².